The highest BCUT2D eigenvalue weighted by Gasteiger charge is 2.20. The molecule has 0 saturated heterocycles. The fraction of sp³-hybridized carbons (Fsp3) is 0.932. The minimum absolute atomic E-state index is 0.0244. The number of unbranched alkanes of at least 4 members (excludes halogenated alkanes) is 68. The SMILES string of the molecule is CCCCCCCCCCCCCCCCCCCCCCCCCC(O)C(CO)NC(=O)CCCCCCCCCCCCCCCCCCC/C=C\C/C=C\CCCCCCCCCCCCCCCCCOC(=O)CCCCCCCCCCCCCCCCC. The minimum Gasteiger partial charge on any atom is -0.466 e. The van der Waals surface area contributed by atoms with Crippen molar-refractivity contribution in [1.82, 2.24) is 5.32 Å². The average molecular weight is 1320 g/mol. The molecule has 0 aromatic heterocycles. The average Bonchev–Trinajstić information content (AvgIpc) is 3.23. The number of carbonyl (C=O) groups excluding carboxylic acids is 2. The molecule has 0 aliphatic carbocycles. The monoisotopic (exact) mass is 1320 g/mol. The van der Waals surface area contributed by atoms with Gasteiger partial charge < -0.3 is 20.3 Å². The number of ether oxygens (including phenoxy) is 1. The number of nitrogens with one attached hydrogen (secondary N) is 1. The first-order valence-electron chi connectivity index (χ1n) is 43.6. The van der Waals surface area contributed by atoms with Crippen molar-refractivity contribution in [1.29, 1.82) is 0 Å². The van der Waals surface area contributed by atoms with Gasteiger partial charge in [0.25, 0.3) is 0 Å². The number of carbonyl (C=O) groups is 2. The van der Waals surface area contributed by atoms with E-state index in [9.17, 15) is 19.8 Å². The predicted octanol–water partition coefficient (Wildman–Crippen LogP) is 29.2. The van der Waals surface area contributed by atoms with Gasteiger partial charge in [-0.05, 0) is 57.8 Å². The van der Waals surface area contributed by atoms with E-state index in [1.807, 2.05) is 0 Å². The van der Waals surface area contributed by atoms with Crippen molar-refractivity contribution >= 4 is 11.9 Å². The van der Waals surface area contributed by atoms with Gasteiger partial charge in [-0.15, -0.1) is 0 Å². The number of hydrogen-bond acceptors (Lipinski definition) is 5. The highest BCUT2D eigenvalue weighted by molar-refractivity contribution is 5.76. The number of aliphatic hydroxyl groups excluding tert-OH is 2. The van der Waals surface area contributed by atoms with Gasteiger partial charge in [-0.1, -0.05) is 456 Å². The molecular weight excluding hydrogens is 1150 g/mol. The molecule has 0 aromatic rings. The lowest BCUT2D eigenvalue weighted by molar-refractivity contribution is -0.143. The summed E-state index contributed by atoms with van der Waals surface area (Å²) in [5, 5.41) is 23.5. The first-order chi connectivity index (χ1) is 46.5. The fourth-order valence-electron chi connectivity index (χ4n) is 14.1. The van der Waals surface area contributed by atoms with Crippen LogP contribution < -0.4 is 5.32 Å². The van der Waals surface area contributed by atoms with Gasteiger partial charge in [0.05, 0.1) is 25.4 Å². The Morgan fingerprint density at radius 3 is 0.809 bits per heavy atom. The Bertz CT molecular complexity index is 1480. The van der Waals surface area contributed by atoms with Crippen molar-refractivity contribution in [2.24, 2.45) is 0 Å². The summed E-state index contributed by atoms with van der Waals surface area (Å²) in [7, 11) is 0. The Morgan fingerprint density at radius 2 is 0.532 bits per heavy atom. The quantitative estimate of drug-likeness (QED) is 0.0320. The second kappa shape index (κ2) is 83.8. The fourth-order valence-corrected chi connectivity index (χ4v) is 14.1. The number of hydrogen-bond donors (Lipinski definition) is 3. The topological polar surface area (TPSA) is 95.9 Å². The lowest BCUT2D eigenvalue weighted by Crippen LogP contribution is -2.45. The summed E-state index contributed by atoms with van der Waals surface area (Å²) < 4.78 is 5.51. The summed E-state index contributed by atoms with van der Waals surface area (Å²) in [4.78, 5) is 24.7. The van der Waals surface area contributed by atoms with E-state index in [0.717, 1.165) is 44.9 Å². The van der Waals surface area contributed by atoms with E-state index in [1.54, 1.807) is 0 Å². The van der Waals surface area contributed by atoms with Crippen LogP contribution in [0, 0.1) is 0 Å². The third kappa shape index (κ3) is 79.3. The third-order valence-electron chi connectivity index (χ3n) is 20.8. The van der Waals surface area contributed by atoms with E-state index in [4.69, 9.17) is 4.74 Å². The van der Waals surface area contributed by atoms with Crippen LogP contribution in [0.1, 0.15) is 502 Å². The molecule has 94 heavy (non-hydrogen) atoms. The van der Waals surface area contributed by atoms with Gasteiger partial charge in [-0.2, -0.15) is 0 Å². The van der Waals surface area contributed by atoms with Gasteiger partial charge in [-0.3, -0.25) is 9.59 Å². The molecule has 2 unspecified atom stereocenters. The number of amides is 1. The zero-order valence-corrected chi connectivity index (χ0v) is 64.2. The molecule has 6 heteroatoms. The highest BCUT2D eigenvalue weighted by atomic mass is 16.5. The van der Waals surface area contributed by atoms with Crippen LogP contribution in [0.4, 0.5) is 0 Å². The highest BCUT2D eigenvalue weighted by Crippen LogP contribution is 2.21. The Labute approximate surface area is 590 Å². The van der Waals surface area contributed by atoms with E-state index in [-0.39, 0.29) is 18.5 Å². The molecule has 0 aliphatic heterocycles. The van der Waals surface area contributed by atoms with Crippen molar-refractivity contribution in [2.45, 2.75) is 514 Å². The van der Waals surface area contributed by atoms with E-state index >= 15 is 0 Å². The Morgan fingerprint density at radius 1 is 0.298 bits per heavy atom. The van der Waals surface area contributed by atoms with E-state index < -0.39 is 12.1 Å². The van der Waals surface area contributed by atoms with Crippen molar-refractivity contribution < 1.29 is 24.5 Å². The van der Waals surface area contributed by atoms with Crippen LogP contribution in [0.25, 0.3) is 0 Å². The number of aliphatic hydroxyl groups is 2. The maximum atomic E-state index is 12.6. The second-order valence-electron chi connectivity index (χ2n) is 30.2. The first-order valence-corrected chi connectivity index (χ1v) is 43.6. The second-order valence-corrected chi connectivity index (χ2v) is 30.2. The van der Waals surface area contributed by atoms with Crippen LogP contribution in [-0.2, 0) is 14.3 Å². The van der Waals surface area contributed by atoms with Gasteiger partial charge >= 0.3 is 5.97 Å². The molecule has 0 radical (unpaired) electrons. The molecule has 0 heterocycles. The molecule has 0 rings (SSSR count). The van der Waals surface area contributed by atoms with Crippen LogP contribution >= 0.6 is 0 Å². The maximum absolute atomic E-state index is 12.6. The van der Waals surface area contributed by atoms with Gasteiger partial charge in [0, 0.05) is 12.8 Å². The van der Waals surface area contributed by atoms with Gasteiger partial charge in [0.2, 0.25) is 5.91 Å². The molecule has 0 bridgehead atoms. The molecule has 6 nitrogen and oxygen atoms in total. The molecule has 1 amide bonds. The van der Waals surface area contributed by atoms with Crippen LogP contribution in [0.3, 0.4) is 0 Å². The van der Waals surface area contributed by atoms with Crippen LogP contribution in [0.15, 0.2) is 24.3 Å². The third-order valence-corrected chi connectivity index (χ3v) is 20.8. The number of rotatable bonds is 83. The lowest BCUT2D eigenvalue weighted by Gasteiger charge is -2.22. The minimum atomic E-state index is -0.663. The Balaban J connectivity index is 3.35. The summed E-state index contributed by atoms with van der Waals surface area (Å²) in [6.45, 7) is 5.02. The van der Waals surface area contributed by atoms with Crippen molar-refractivity contribution in [3.8, 4) is 0 Å². The standard InChI is InChI=1S/C88H171NO5/c1-3-5-7-9-11-13-15-17-19-20-21-22-40-43-46-49-53-56-60-64-68-72-76-80-86(91)85(84-90)89-87(92)81-77-73-69-65-61-57-54-50-47-44-41-38-36-34-32-30-28-26-24-23-25-27-29-31-33-35-37-39-42-45-48-51-55-59-63-67-71-75-79-83-94-88(93)82-78-74-70-66-62-58-52-18-16-14-12-10-8-6-4-2/h23-24,27,29,85-86,90-91H,3-22,25-26,28,30-84H2,1-2H3,(H,89,92)/b24-23-,29-27-. The van der Waals surface area contributed by atoms with E-state index in [2.05, 4.69) is 43.5 Å². The largest absolute Gasteiger partial charge is 0.466 e. The maximum Gasteiger partial charge on any atom is 0.305 e. The summed E-state index contributed by atoms with van der Waals surface area (Å²) in [5.41, 5.74) is 0. The van der Waals surface area contributed by atoms with Gasteiger partial charge in [0.1, 0.15) is 0 Å². The lowest BCUT2D eigenvalue weighted by atomic mass is 10.0. The number of allylic oxidation sites excluding steroid dienone is 4. The summed E-state index contributed by atoms with van der Waals surface area (Å²) in [6.07, 6.45) is 109. The Hall–Kier alpha value is -1.66. The zero-order chi connectivity index (χ0) is 67.7. The number of esters is 1. The molecule has 0 saturated carbocycles. The molecule has 3 N–H and O–H groups in total. The molecule has 0 spiro atoms. The molecule has 0 aliphatic rings. The normalized spacial score (nSPS) is 12.5. The Kier molecular flexibility index (Phi) is 82.3. The zero-order valence-electron chi connectivity index (χ0n) is 64.2. The summed E-state index contributed by atoms with van der Waals surface area (Å²) >= 11 is 0. The predicted molar refractivity (Wildman–Crippen MR) is 417 cm³/mol. The van der Waals surface area contributed by atoms with Crippen LogP contribution in [0.5, 0.6) is 0 Å². The van der Waals surface area contributed by atoms with Crippen molar-refractivity contribution in [3.63, 3.8) is 0 Å². The smallest absolute Gasteiger partial charge is 0.305 e. The van der Waals surface area contributed by atoms with Gasteiger partial charge in [0.15, 0.2) is 0 Å². The molecule has 558 valence electrons. The first kappa shape index (κ1) is 92.3. The molecule has 0 aromatic carbocycles. The summed E-state index contributed by atoms with van der Waals surface area (Å²) in [6, 6.07) is -0.540. The van der Waals surface area contributed by atoms with E-state index in [1.165, 1.54) is 424 Å². The van der Waals surface area contributed by atoms with Gasteiger partial charge in [-0.25, -0.2) is 0 Å². The van der Waals surface area contributed by atoms with E-state index in [0.29, 0.717) is 25.9 Å². The van der Waals surface area contributed by atoms with Crippen molar-refractivity contribution in [3.05, 3.63) is 24.3 Å². The molecule has 2 atom stereocenters. The van der Waals surface area contributed by atoms with Crippen LogP contribution in [-0.4, -0.2) is 47.4 Å². The molecular formula is C88H171NO5. The molecule has 0 fully saturated rings. The van der Waals surface area contributed by atoms with Crippen LogP contribution in [0.2, 0.25) is 0 Å². The van der Waals surface area contributed by atoms with Crippen molar-refractivity contribution in [2.75, 3.05) is 13.2 Å². The summed E-state index contributed by atoms with van der Waals surface area (Å²) in [5.74, 6) is -0.00130.